The normalized spacial score (nSPS) is 11.7. The van der Waals surface area contributed by atoms with E-state index in [0.717, 1.165) is 4.47 Å². The Hall–Kier alpha value is -1.76. The second-order valence-corrected chi connectivity index (χ2v) is 6.29. The highest BCUT2D eigenvalue weighted by Gasteiger charge is 2.15. The maximum absolute atomic E-state index is 12.2. The standard InChI is InChI=1S/C17H17BrClNO4/c1-23-15-6-3-10(7-16(15)24-2)14(21)9-20-17(22)12-8-11(18)4-5-13(12)19/h3-8,14,21H,9H2,1-2H3,(H,20,22)/t14-/m0/s1. The van der Waals surface area contributed by atoms with E-state index in [1.807, 2.05) is 0 Å². The topological polar surface area (TPSA) is 67.8 Å². The zero-order chi connectivity index (χ0) is 17.7. The molecule has 0 fully saturated rings. The minimum atomic E-state index is -0.889. The Balaban J connectivity index is 2.06. The summed E-state index contributed by atoms with van der Waals surface area (Å²) in [4.78, 5) is 12.2. The van der Waals surface area contributed by atoms with E-state index in [9.17, 15) is 9.90 Å². The molecule has 0 aliphatic carbocycles. The number of rotatable bonds is 6. The summed E-state index contributed by atoms with van der Waals surface area (Å²) in [5, 5.41) is 13.3. The van der Waals surface area contributed by atoms with Crippen LogP contribution in [0.15, 0.2) is 40.9 Å². The fraction of sp³-hybridized carbons (Fsp3) is 0.235. The van der Waals surface area contributed by atoms with Crippen molar-refractivity contribution in [3.8, 4) is 11.5 Å². The van der Waals surface area contributed by atoms with Gasteiger partial charge in [-0.15, -0.1) is 0 Å². The van der Waals surface area contributed by atoms with Gasteiger partial charge in [0.1, 0.15) is 0 Å². The zero-order valence-electron chi connectivity index (χ0n) is 13.2. The number of ether oxygens (including phenoxy) is 2. The summed E-state index contributed by atoms with van der Waals surface area (Å²) in [7, 11) is 3.06. The van der Waals surface area contributed by atoms with E-state index >= 15 is 0 Å². The van der Waals surface area contributed by atoms with Gasteiger partial charge in [-0.05, 0) is 35.9 Å². The Morgan fingerprint density at radius 3 is 2.58 bits per heavy atom. The van der Waals surface area contributed by atoms with Gasteiger partial charge in [-0.2, -0.15) is 0 Å². The average molecular weight is 415 g/mol. The van der Waals surface area contributed by atoms with Crippen molar-refractivity contribution in [1.82, 2.24) is 5.32 Å². The van der Waals surface area contributed by atoms with Gasteiger partial charge in [0.25, 0.3) is 5.91 Å². The summed E-state index contributed by atoms with van der Waals surface area (Å²) < 4.78 is 11.1. The van der Waals surface area contributed by atoms with E-state index in [-0.39, 0.29) is 12.5 Å². The van der Waals surface area contributed by atoms with Crippen molar-refractivity contribution >= 4 is 33.4 Å². The van der Waals surface area contributed by atoms with Crippen molar-refractivity contribution in [3.05, 3.63) is 57.0 Å². The van der Waals surface area contributed by atoms with Gasteiger partial charge < -0.3 is 19.9 Å². The van der Waals surface area contributed by atoms with Gasteiger partial charge in [-0.1, -0.05) is 33.6 Å². The van der Waals surface area contributed by atoms with E-state index in [1.165, 1.54) is 14.2 Å². The van der Waals surface area contributed by atoms with Gasteiger partial charge in [0, 0.05) is 11.0 Å². The van der Waals surface area contributed by atoms with Crippen LogP contribution in [0.25, 0.3) is 0 Å². The Morgan fingerprint density at radius 2 is 1.92 bits per heavy atom. The highest BCUT2D eigenvalue weighted by molar-refractivity contribution is 9.10. The zero-order valence-corrected chi connectivity index (χ0v) is 15.5. The number of nitrogens with one attached hydrogen (secondary N) is 1. The van der Waals surface area contributed by atoms with Crippen molar-refractivity contribution in [3.63, 3.8) is 0 Å². The van der Waals surface area contributed by atoms with Crippen LogP contribution in [0.3, 0.4) is 0 Å². The first-order chi connectivity index (χ1) is 11.5. The summed E-state index contributed by atoms with van der Waals surface area (Å²) in [5.41, 5.74) is 0.943. The molecule has 2 rings (SSSR count). The third-order valence-corrected chi connectivity index (χ3v) is 4.24. The molecule has 0 saturated heterocycles. The quantitative estimate of drug-likeness (QED) is 0.758. The molecule has 2 aromatic carbocycles. The minimum absolute atomic E-state index is 0.0388. The lowest BCUT2D eigenvalue weighted by Crippen LogP contribution is -2.28. The van der Waals surface area contributed by atoms with Crippen LogP contribution in [0, 0.1) is 0 Å². The first-order valence-corrected chi connectivity index (χ1v) is 8.26. The maximum atomic E-state index is 12.2. The fourth-order valence-electron chi connectivity index (χ4n) is 2.13. The van der Waals surface area contributed by atoms with Gasteiger partial charge >= 0.3 is 0 Å². The molecular weight excluding hydrogens is 398 g/mol. The largest absolute Gasteiger partial charge is 0.493 e. The molecule has 7 heteroatoms. The second kappa shape index (κ2) is 8.37. The van der Waals surface area contributed by atoms with Gasteiger partial charge in [0.2, 0.25) is 0 Å². The number of carbonyl (C=O) groups is 1. The summed E-state index contributed by atoms with van der Waals surface area (Å²) in [6.07, 6.45) is -0.889. The molecule has 0 saturated carbocycles. The van der Waals surface area contributed by atoms with Gasteiger partial charge in [-0.3, -0.25) is 4.79 Å². The molecule has 2 N–H and O–H groups in total. The lowest BCUT2D eigenvalue weighted by atomic mass is 10.1. The molecule has 0 aliphatic heterocycles. The third-order valence-electron chi connectivity index (χ3n) is 3.42. The van der Waals surface area contributed by atoms with Crippen LogP contribution in [-0.4, -0.2) is 31.8 Å². The predicted molar refractivity (Wildman–Crippen MR) is 96.0 cm³/mol. The molecule has 1 amide bonds. The number of carbonyl (C=O) groups excluding carboxylic acids is 1. The van der Waals surface area contributed by atoms with Crippen LogP contribution >= 0.6 is 27.5 Å². The monoisotopic (exact) mass is 413 g/mol. The molecule has 2 aromatic rings. The lowest BCUT2D eigenvalue weighted by Gasteiger charge is -2.15. The first-order valence-electron chi connectivity index (χ1n) is 7.09. The van der Waals surface area contributed by atoms with Crippen LogP contribution < -0.4 is 14.8 Å². The highest BCUT2D eigenvalue weighted by Crippen LogP contribution is 2.30. The average Bonchev–Trinajstić information content (AvgIpc) is 2.60. The summed E-state index contributed by atoms with van der Waals surface area (Å²) in [5.74, 6) is 0.717. The van der Waals surface area contributed by atoms with Crippen LogP contribution in [-0.2, 0) is 0 Å². The molecule has 0 spiro atoms. The Kier molecular flexibility index (Phi) is 6.48. The smallest absolute Gasteiger partial charge is 0.252 e. The summed E-state index contributed by atoms with van der Waals surface area (Å²) >= 11 is 9.32. The molecule has 0 bridgehead atoms. The van der Waals surface area contributed by atoms with Crippen LogP contribution in [0.1, 0.15) is 22.0 Å². The van der Waals surface area contributed by atoms with Gasteiger partial charge in [-0.25, -0.2) is 0 Å². The van der Waals surface area contributed by atoms with E-state index in [1.54, 1.807) is 36.4 Å². The fourth-order valence-corrected chi connectivity index (χ4v) is 2.70. The van der Waals surface area contributed by atoms with Crippen molar-refractivity contribution in [2.24, 2.45) is 0 Å². The van der Waals surface area contributed by atoms with E-state index in [0.29, 0.717) is 27.6 Å². The summed E-state index contributed by atoms with van der Waals surface area (Å²) in [6.45, 7) is 0.0388. The number of hydrogen-bond donors (Lipinski definition) is 2. The number of methoxy groups -OCH3 is 2. The minimum Gasteiger partial charge on any atom is -0.493 e. The maximum Gasteiger partial charge on any atom is 0.252 e. The number of benzene rings is 2. The number of halogens is 2. The van der Waals surface area contributed by atoms with Gasteiger partial charge in [0.15, 0.2) is 11.5 Å². The van der Waals surface area contributed by atoms with Crippen molar-refractivity contribution < 1.29 is 19.4 Å². The molecule has 0 aromatic heterocycles. The number of aliphatic hydroxyl groups excluding tert-OH is 1. The Labute approximate surface area is 153 Å². The Morgan fingerprint density at radius 1 is 1.21 bits per heavy atom. The van der Waals surface area contributed by atoms with Gasteiger partial charge in [0.05, 0.1) is 30.9 Å². The SMILES string of the molecule is COc1ccc([C@@H](O)CNC(=O)c2cc(Br)ccc2Cl)cc1OC. The molecule has 1 atom stereocenters. The lowest BCUT2D eigenvalue weighted by molar-refractivity contribution is 0.0916. The van der Waals surface area contributed by atoms with Crippen LogP contribution in [0.5, 0.6) is 11.5 Å². The predicted octanol–water partition coefficient (Wildman–Crippen LogP) is 3.58. The molecule has 24 heavy (non-hydrogen) atoms. The number of hydrogen-bond acceptors (Lipinski definition) is 4. The second-order valence-electron chi connectivity index (χ2n) is 4.96. The number of amides is 1. The summed E-state index contributed by atoms with van der Waals surface area (Å²) in [6, 6.07) is 10.1. The number of aliphatic hydroxyl groups is 1. The molecule has 128 valence electrons. The molecule has 5 nitrogen and oxygen atoms in total. The van der Waals surface area contributed by atoms with Crippen molar-refractivity contribution in [2.45, 2.75) is 6.10 Å². The Bertz CT molecular complexity index is 739. The molecular formula is C17H17BrClNO4. The van der Waals surface area contributed by atoms with Crippen molar-refractivity contribution in [2.75, 3.05) is 20.8 Å². The van der Waals surface area contributed by atoms with Crippen molar-refractivity contribution in [1.29, 1.82) is 0 Å². The first kappa shape index (κ1) is 18.6. The molecule has 0 heterocycles. The van der Waals surface area contributed by atoms with E-state index in [4.69, 9.17) is 21.1 Å². The van der Waals surface area contributed by atoms with Crippen LogP contribution in [0.4, 0.5) is 0 Å². The van der Waals surface area contributed by atoms with E-state index in [2.05, 4.69) is 21.2 Å². The molecule has 0 radical (unpaired) electrons. The molecule has 0 unspecified atom stereocenters. The third kappa shape index (κ3) is 4.41. The molecule has 0 aliphatic rings. The van der Waals surface area contributed by atoms with Crippen LogP contribution in [0.2, 0.25) is 5.02 Å². The van der Waals surface area contributed by atoms with E-state index < -0.39 is 6.10 Å². The highest BCUT2D eigenvalue weighted by atomic mass is 79.9.